The van der Waals surface area contributed by atoms with Crippen molar-refractivity contribution >= 4 is 18.3 Å². The van der Waals surface area contributed by atoms with Gasteiger partial charge in [0, 0.05) is 23.0 Å². The highest BCUT2D eigenvalue weighted by Crippen LogP contribution is 2.35. The lowest BCUT2D eigenvalue weighted by Gasteiger charge is -2.26. The second kappa shape index (κ2) is 6.49. The van der Waals surface area contributed by atoms with Gasteiger partial charge in [-0.25, -0.2) is 9.97 Å². The standard InChI is InChI=1S/C18H20N4O.ClH/c19-18(9-10-18)17(23)22-15-8-4-7-14-13(15)11-20-16(21-14)12-5-2-1-3-6-12;/h1-3,5-6,11,15H,4,7-10,19H2,(H,22,23);1H. The molecule has 2 aliphatic rings. The van der Waals surface area contributed by atoms with Gasteiger partial charge in [0.15, 0.2) is 5.82 Å². The lowest BCUT2D eigenvalue weighted by Crippen LogP contribution is -2.44. The topological polar surface area (TPSA) is 80.9 Å². The van der Waals surface area contributed by atoms with Gasteiger partial charge < -0.3 is 11.1 Å². The summed E-state index contributed by atoms with van der Waals surface area (Å²) in [5.74, 6) is 0.705. The van der Waals surface area contributed by atoms with Gasteiger partial charge in [0.05, 0.1) is 11.6 Å². The molecule has 24 heavy (non-hydrogen) atoms. The molecule has 4 rings (SSSR count). The first-order valence-corrected chi connectivity index (χ1v) is 8.17. The Kier molecular flexibility index (Phi) is 4.56. The van der Waals surface area contributed by atoms with Gasteiger partial charge in [0.25, 0.3) is 0 Å². The van der Waals surface area contributed by atoms with Gasteiger partial charge in [-0.05, 0) is 32.1 Å². The van der Waals surface area contributed by atoms with Gasteiger partial charge in [-0.3, -0.25) is 4.79 Å². The van der Waals surface area contributed by atoms with E-state index in [2.05, 4.69) is 10.3 Å². The monoisotopic (exact) mass is 344 g/mol. The average Bonchev–Trinajstić information content (AvgIpc) is 3.34. The zero-order valence-electron chi connectivity index (χ0n) is 13.4. The second-order valence-corrected chi connectivity index (χ2v) is 6.54. The number of nitrogens with one attached hydrogen (secondary N) is 1. The molecule has 126 valence electrons. The summed E-state index contributed by atoms with van der Waals surface area (Å²) < 4.78 is 0. The first-order valence-electron chi connectivity index (χ1n) is 8.17. The smallest absolute Gasteiger partial charge is 0.240 e. The predicted octanol–water partition coefficient (Wildman–Crippen LogP) is 2.55. The molecule has 1 amide bonds. The van der Waals surface area contributed by atoms with Gasteiger partial charge >= 0.3 is 0 Å². The number of aryl methyl sites for hydroxylation is 1. The van der Waals surface area contributed by atoms with E-state index in [0.29, 0.717) is 0 Å². The molecule has 0 spiro atoms. The SMILES string of the molecule is Cl.NC1(C(=O)NC2CCCc3nc(-c4ccccc4)ncc32)CC1. The maximum atomic E-state index is 12.2. The summed E-state index contributed by atoms with van der Waals surface area (Å²) >= 11 is 0. The fraction of sp³-hybridized carbons (Fsp3) is 0.389. The number of nitrogens with two attached hydrogens (primary N) is 1. The Bertz CT molecular complexity index is 746. The van der Waals surface area contributed by atoms with Gasteiger partial charge in [0.1, 0.15) is 0 Å². The molecule has 0 radical (unpaired) electrons. The molecule has 0 saturated heterocycles. The molecular weight excluding hydrogens is 324 g/mol. The van der Waals surface area contributed by atoms with E-state index < -0.39 is 5.54 Å². The molecule has 0 bridgehead atoms. The first-order chi connectivity index (χ1) is 11.2. The van der Waals surface area contributed by atoms with E-state index >= 15 is 0 Å². The maximum absolute atomic E-state index is 12.2. The van der Waals surface area contributed by atoms with Crippen molar-refractivity contribution in [3.8, 4) is 11.4 Å². The fourth-order valence-corrected chi connectivity index (χ4v) is 3.09. The Labute approximate surface area is 147 Å². The molecule has 2 aliphatic carbocycles. The Hall–Kier alpha value is -1.98. The van der Waals surface area contributed by atoms with Crippen LogP contribution in [0, 0.1) is 0 Å². The van der Waals surface area contributed by atoms with Crippen LogP contribution >= 0.6 is 12.4 Å². The number of nitrogens with zero attached hydrogens (tertiary/aromatic N) is 2. The minimum Gasteiger partial charge on any atom is -0.348 e. The van der Waals surface area contributed by atoms with Crippen LogP contribution in [0.5, 0.6) is 0 Å². The van der Waals surface area contributed by atoms with E-state index in [-0.39, 0.29) is 24.4 Å². The molecule has 1 atom stereocenters. The van der Waals surface area contributed by atoms with E-state index in [1.54, 1.807) is 0 Å². The van der Waals surface area contributed by atoms with Crippen LogP contribution in [0.2, 0.25) is 0 Å². The highest BCUT2D eigenvalue weighted by Gasteiger charge is 2.46. The van der Waals surface area contributed by atoms with Crippen LogP contribution in [-0.4, -0.2) is 21.4 Å². The van der Waals surface area contributed by atoms with Crippen LogP contribution in [-0.2, 0) is 11.2 Å². The third-order valence-corrected chi connectivity index (χ3v) is 4.76. The molecule has 6 heteroatoms. The van der Waals surface area contributed by atoms with Crippen LogP contribution in [0.4, 0.5) is 0 Å². The van der Waals surface area contributed by atoms with Crippen molar-refractivity contribution < 1.29 is 4.79 Å². The summed E-state index contributed by atoms with van der Waals surface area (Å²) in [6, 6.07) is 9.95. The third kappa shape index (κ3) is 3.14. The molecule has 1 fully saturated rings. The predicted molar refractivity (Wildman–Crippen MR) is 94.7 cm³/mol. The molecule has 2 aromatic rings. The van der Waals surface area contributed by atoms with Crippen molar-refractivity contribution in [1.82, 2.24) is 15.3 Å². The average molecular weight is 345 g/mol. The van der Waals surface area contributed by atoms with Crippen LogP contribution in [0.3, 0.4) is 0 Å². The number of carbonyl (C=O) groups is 1. The van der Waals surface area contributed by atoms with Crippen molar-refractivity contribution in [2.24, 2.45) is 5.73 Å². The van der Waals surface area contributed by atoms with Crippen molar-refractivity contribution in [3.05, 3.63) is 47.8 Å². The highest BCUT2D eigenvalue weighted by atomic mass is 35.5. The molecule has 1 unspecified atom stereocenters. The number of aromatic nitrogens is 2. The van der Waals surface area contributed by atoms with Crippen molar-refractivity contribution in [1.29, 1.82) is 0 Å². The van der Waals surface area contributed by atoms with E-state index in [1.165, 1.54) is 0 Å². The molecule has 3 N–H and O–H groups in total. The summed E-state index contributed by atoms with van der Waals surface area (Å²) in [6.07, 6.45) is 6.29. The number of fused-ring (bicyclic) bond motifs is 1. The van der Waals surface area contributed by atoms with Crippen molar-refractivity contribution in [2.45, 2.75) is 43.7 Å². The molecular formula is C18H21ClN4O. The van der Waals surface area contributed by atoms with Crippen LogP contribution in [0.1, 0.15) is 43.0 Å². The number of hydrogen-bond acceptors (Lipinski definition) is 4. The number of rotatable bonds is 3. The minimum atomic E-state index is -0.636. The van der Waals surface area contributed by atoms with Gasteiger partial charge in [-0.2, -0.15) is 0 Å². The van der Waals surface area contributed by atoms with Crippen molar-refractivity contribution in [2.75, 3.05) is 0 Å². The number of hydrogen-bond donors (Lipinski definition) is 2. The normalized spacial score (nSPS) is 20.5. The summed E-state index contributed by atoms with van der Waals surface area (Å²) in [7, 11) is 0. The second-order valence-electron chi connectivity index (χ2n) is 6.54. The third-order valence-electron chi connectivity index (χ3n) is 4.76. The Morgan fingerprint density at radius 1 is 1.25 bits per heavy atom. The molecule has 1 saturated carbocycles. The number of carbonyl (C=O) groups excluding carboxylic acids is 1. The minimum absolute atomic E-state index is 0. The Morgan fingerprint density at radius 3 is 2.71 bits per heavy atom. The largest absolute Gasteiger partial charge is 0.348 e. The number of benzene rings is 1. The summed E-state index contributed by atoms with van der Waals surface area (Å²) in [6.45, 7) is 0. The quantitative estimate of drug-likeness (QED) is 0.896. The van der Waals surface area contributed by atoms with Gasteiger partial charge in [-0.15, -0.1) is 12.4 Å². The molecule has 5 nitrogen and oxygen atoms in total. The van der Waals surface area contributed by atoms with E-state index in [0.717, 1.165) is 54.7 Å². The zero-order chi connectivity index (χ0) is 15.9. The summed E-state index contributed by atoms with van der Waals surface area (Å²) in [4.78, 5) is 21.4. The van der Waals surface area contributed by atoms with E-state index in [4.69, 9.17) is 10.7 Å². The molecule has 0 aliphatic heterocycles. The molecule has 1 aromatic carbocycles. The summed E-state index contributed by atoms with van der Waals surface area (Å²) in [5, 5.41) is 3.09. The van der Waals surface area contributed by atoms with E-state index in [9.17, 15) is 4.79 Å². The summed E-state index contributed by atoms with van der Waals surface area (Å²) in [5.41, 5.74) is 8.44. The maximum Gasteiger partial charge on any atom is 0.240 e. The Morgan fingerprint density at radius 2 is 2.00 bits per heavy atom. The number of amides is 1. The zero-order valence-corrected chi connectivity index (χ0v) is 14.2. The molecule has 1 heterocycles. The lowest BCUT2D eigenvalue weighted by atomic mass is 9.92. The Balaban J connectivity index is 0.00000169. The van der Waals surface area contributed by atoms with Gasteiger partial charge in [0.2, 0.25) is 5.91 Å². The molecule has 1 aromatic heterocycles. The highest BCUT2D eigenvalue weighted by molar-refractivity contribution is 5.89. The fourth-order valence-electron chi connectivity index (χ4n) is 3.09. The van der Waals surface area contributed by atoms with Crippen LogP contribution in [0.15, 0.2) is 36.5 Å². The first kappa shape index (κ1) is 16.9. The van der Waals surface area contributed by atoms with Gasteiger partial charge in [-0.1, -0.05) is 30.3 Å². The van der Waals surface area contributed by atoms with E-state index in [1.807, 2.05) is 36.5 Å². The van der Waals surface area contributed by atoms with Crippen molar-refractivity contribution in [3.63, 3.8) is 0 Å². The van der Waals surface area contributed by atoms with Crippen LogP contribution < -0.4 is 11.1 Å². The number of halogens is 1. The van der Waals surface area contributed by atoms with Crippen LogP contribution in [0.25, 0.3) is 11.4 Å². The lowest BCUT2D eigenvalue weighted by molar-refractivity contribution is -0.124.